The van der Waals surface area contributed by atoms with Crippen LogP contribution in [0.3, 0.4) is 0 Å². The van der Waals surface area contributed by atoms with Crippen LogP contribution in [-0.2, 0) is 9.59 Å². The number of hydrogen-bond donors (Lipinski definition) is 3. The highest BCUT2D eigenvalue weighted by Gasteiger charge is 2.34. The van der Waals surface area contributed by atoms with Gasteiger partial charge in [-0.15, -0.1) is 0 Å². The van der Waals surface area contributed by atoms with Crippen LogP contribution in [0.1, 0.15) is 26.2 Å². The molecular formula is C11H20N2O3. The van der Waals surface area contributed by atoms with Gasteiger partial charge in [-0.1, -0.05) is 6.92 Å². The molecule has 0 aromatic carbocycles. The molecule has 1 saturated carbocycles. The maximum absolute atomic E-state index is 11.7. The summed E-state index contributed by atoms with van der Waals surface area (Å²) in [7, 11) is 1.79. The van der Waals surface area contributed by atoms with E-state index in [2.05, 4.69) is 10.6 Å². The zero-order valence-electron chi connectivity index (χ0n) is 9.82. The average molecular weight is 228 g/mol. The third kappa shape index (κ3) is 4.18. The molecule has 3 N–H and O–H groups in total. The second-order valence-corrected chi connectivity index (χ2v) is 4.51. The van der Waals surface area contributed by atoms with Gasteiger partial charge in [0.25, 0.3) is 0 Å². The minimum atomic E-state index is -0.849. The molecule has 0 aromatic rings. The van der Waals surface area contributed by atoms with Gasteiger partial charge in [-0.25, -0.2) is 0 Å². The maximum atomic E-state index is 11.7. The first-order valence-electron chi connectivity index (χ1n) is 5.71. The van der Waals surface area contributed by atoms with E-state index in [-0.39, 0.29) is 24.3 Å². The first-order valence-corrected chi connectivity index (χ1v) is 5.71. The van der Waals surface area contributed by atoms with Crippen LogP contribution in [0.2, 0.25) is 0 Å². The van der Waals surface area contributed by atoms with E-state index in [4.69, 9.17) is 5.11 Å². The highest BCUT2D eigenvalue weighted by Crippen LogP contribution is 2.34. The molecule has 2 unspecified atom stereocenters. The van der Waals surface area contributed by atoms with Crippen molar-refractivity contribution in [3.8, 4) is 0 Å². The van der Waals surface area contributed by atoms with E-state index in [0.717, 1.165) is 12.8 Å². The molecule has 0 aliphatic heterocycles. The van der Waals surface area contributed by atoms with E-state index in [1.807, 2.05) is 6.92 Å². The van der Waals surface area contributed by atoms with Crippen molar-refractivity contribution >= 4 is 11.9 Å². The number of carboxylic acid groups (broad SMARTS) is 1. The Morgan fingerprint density at radius 2 is 2.06 bits per heavy atom. The van der Waals surface area contributed by atoms with Gasteiger partial charge in [-0.3, -0.25) is 9.59 Å². The lowest BCUT2D eigenvalue weighted by Crippen LogP contribution is -2.42. The highest BCUT2D eigenvalue weighted by atomic mass is 16.4. The van der Waals surface area contributed by atoms with Gasteiger partial charge in [-0.2, -0.15) is 0 Å². The summed E-state index contributed by atoms with van der Waals surface area (Å²) in [5.74, 6) is -0.673. The van der Waals surface area contributed by atoms with Crippen LogP contribution in [0.5, 0.6) is 0 Å². The Labute approximate surface area is 95.6 Å². The average Bonchev–Trinajstić information content (AvgIpc) is 2.99. The normalized spacial score (nSPS) is 18.9. The van der Waals surface area contributed by atoms with Crippen molar-refractivity contribution in [3.63, 3.8) is 0 Å². The van der Waals surface area contributed by atoms with E-state index in [9.17, 15) is 9.59 Å². The van der Waals surface area contributed by atoms with E-state index >= 15 is 0 Å². The Bertz CT molecular complexity index is 264. The van der Waals surface area contributed by atoms with Crippen molar-refractivity contribution in [2.75, 3.05) is 13.6 Å². The zero-order chi connectivity index (χ0) is 12.1. The van der Waals surface area contributed by atoms with E-state index < -0.39 is 5.97 Å². The summed E-state index contributed by atoms with van der Waals surface area (Å²) in [5, 5.41) is 14.5. The predicted octanol–water partition coefficient (Wildman–Crippen LogP) is 0.211. The van der Waals surface area contributed by atoms with Crippen molar-refractivity contribution in [1.29, 1.82) is 0 Å². The Hall–Kier alpha value is -1.10. The fourth-order valence-electron chi connectivity index (χ4n) is 1.75. The Balaban J connectivity index is 2.41. The lowest BCUT2D eigenvalue weighted by atomic mass is 10.1. The number of amides is 1. The molecule has 1 amide bonds. The van der Waals surface area contributed by atoms with Gasteiger partial charge in [0.15, 0.2) is 0 Å². The minimum absolute atomic E-state index is 0.0304. The van der Waals surface area contributed by atoms with Crippen LogP contribution in [0.15, 0.2) is 0 Å². The molecule has 0 aromatic heterocycles. The van der Waals surface area contributed by atoms with Crippen molar-refractivity contribution in [2.45, 2.75) is 32.2 Å². The molecule has 92 valence electrons. The third-order valence-electron chi connectivity index (χ3n) is 2.87. The summed E-state index contributed by atoms with van der Waals surface area (Å²) in [6.07, 6.45) is 2.08. The molecule has 1 aliphatic rings. The molecule has 0 saturated heterocycles. The van der Waals surface area contributed by atoms with E-state index in [1.54, 1.807) is 7.05 Å². The standard InChI is InChI=1S/C11H20N2O3/c1-7(6-12-2)11(16)13-9(5-10(14)15)8-3-4-8/h7-9,12H,3-6H2,1-2H3,(H,13,16)(H,14,15). The third-order valence-corrected chi connectivity index (χ3v) is 2.87. The SMILES string of the molecule is CNCC(C)C(=O)NC(CC(=O)O)C1CC1. The van der Waals surface area contributed by atoms with Gasteiger partial charge in [0, 0.05) is 18.5 Å². The number of nitrogens with one attached hydrogen (secondary N) is 2. The molecule has 16 heavy (non-hydrogen) atoms. The summed E-state index contributed by atoms with van der Waals surface area (Å²) in [5.41, 5.74) is 0. The lowest BCUT2D eigenvalue weighted by Gasteiger charge is -2.19. The second kappa shape index (κ2) is 5.84. The summed E-state index contributed by atoms with van der Waals surface area (Å²) in [6.45, 7) is 2.44. The molecule has 0 spiro atoms. The molecular weight excluding hydrogens is 208 g/mol. The summed E-state index contributed by atoms with van der Waals surface area (Å²) < 4.78 is 0. The smallest absolute Gasteiger partial charge is 0.305 e. The van der Waals surface area contributed by atoms with Crippen molar-refractivity contribution in [2.24, 2.45) is 11.8 Å². The number of carboxylic acids is 1. The van der Waals surface area contributed by atoms with Crippen LogP contribution in [-0.4, -0.2) is 36.6 Å². The van der Waals surface area contributed by atoms with Gasteiger partial charge >= 0.3 is 5.97 Å². The van der Waals surface area contributed by atoms with Crippen LogP contribution >= 0.6 is 0 Å². The lowest BCUT2D eigenvalue weighted by molar-refractivity contribution is -0.138. The molecule has 0 heterocycles. The predicted molar refractivity (Wildman–Crippen MR) is 60.0 cm³/mol. The Morgan fingerprint density at radius 3 is 2.50 bits per heavy atom. The summed E-state index contributed by atoms with van der Waals surface area (Å²) in [4.78, 5) is 22.4. The quantitative estimate of drug-likeness (QED) is 0.582. The second-order valence-electron chi connectivity index (χ2n) is 4.51. The van der Waals surface area contributed by atoms with E-state index in [1.165, 1.54) is 0 Å². The molecule has 0 radical (unpaired) electrons. The number of aliphatic carboxylic acids is 1. The summed E-state index contributed by atoms with van der Waals surface area (Å²) >= 11 is 0. The van der Waals surface area contributed by atoms with Crippen LogP contribution < -0.4 is 10.6 Å². The Morgan fingerprint density at radius 1 is 1.44 bits per heavy atom. The van der Waals surface area contributed by atoms with Gasteiger partial charge < -0.3 is 15.7 Å². The zero-order valence-corrected chi connectivity index (χ0v) is 9.82. The first-order chi connectivity index (χ1) is 7.54. The molecule has 0 bridgehead atoms. The molecule has 5 nitrogen and oxygen atoms in total. The van der Waals surface area contributed by atoms with Crippen molar-refractivity contribution in [1.82, 2.24) is 10.6 Å². The summed E-state index contributed by atoms with van der Waals surface area (Å²) in [6, 6.07) is -0.190. The topological polar surface area (TPSA) is 78.4 Å². The number of hydrogen-bond acceptors (Lipinski definition) is 3. The van der Waals surface area contributed by atoms with Crippen molar-refractivity contribution < 1.29 is 14.7 Å². The van der Waals surface area contributed by atoms with Crippen LogP contribution in [0.25, 0.3) is 0 Å². The monoisotopic (exact) mass is 228 g/mol. The van der Waals surface area contributed by atoms with Gasteiger partial charge in [0.2, 0.25) is 5.91 Å². The highest BCUT2D eigenvalue weighted by molar-refractivity contribution is 5.79. The van der Waals surface area contributed by atoms with Crippen LogP contribution in [0.4, 0.5) is 0 Å². The molecule has 5 heteroatoms. The van der Waals surface area contributed by atoms with Gasteiger partial charge in [0.1, 0.15) is 0 Å². The number of carbonyl (C=O) groups is 2. The molecule has 1 fully saturated rings. The van der Waals surface area contributed by atoms with Gasteiger partial charge in [-0.05, 0) is 25.8 Å². The maximum Gasteiger partial charge on any atom is 0.305 e. The van der Waals surface area contributed by atoms with Crippen molar-refractivity contribution in [3.05, 3.63) is 0 Å². The van der Waals surface area contributed by atoms with E-state index in [0.29, 0.717) is 12.5 Å². The first kappa shape index (κ1) is 13.0. The fraction of sp³-hybridized carbons (Fsp3) is 0.818. The minimum Gasteiger partial charge on any atom is -0.481 e. The van der Waals surface area contributed by atoms with Gasteiger partial charge in [0.05, 0.1) is 6.42 Å². The number of rotatable bonds is 7. The molecule has 1 aliphatic carbocycles. The Kier molecular flexibility index (Phi) is 4.73. The van der Waals surface area contributed by atoms with Crippen LogP contribution in [0, 0.1) is 11.8 Å². The fourth-order valence-corrected chi connectivity index (χ4v) is 1.75. The number of carbonyl (C=O) groups excluding carboxylic acids is 1. The molecule has 1 rings (SSSR count). The largest absolute Gasteiger partial charge is 0.481 e. The molecule has 2 atom stereocenters.